The second-order valence-corrected chi connectivity index (χ2v) is 8.02. The monoisotopic (exact) mass is 540 g/mol. The number of nitro benzene ring substituents is 1. The summed E-state index contributed by atoms with van der Waals surface area (Å²) in [4.78, 5) is 34.7. The Bertz CT molecular complexity index is 1280. The average Bonchev–Trinajstić information content (AvgIpc) is 2.84. The van der Waals surface area contributed by atoms with Gasteiger partial charge in [-0.1, -0.05) is 30.3 Å². The number of rotatable bonds is 10. The summed E-state index contributed by atoms with van der Waals surface area (Å²) < 4.78 is 12.0. The van der Waals surface area contributed by atoms with Crippen molar-refractivity contribution >= 4 is 39.6 Å². The van der Waals surface area contributed by atoms with Crippen LogP contribution in [0.5, 0.6) is 11.5 Å². The maximum atomic E-state index is 12.4. The van der Waals surface area contributed by atoms with E-state index in [1.54, 1.807) is 61.5 Å². The van der Waals surface area contributed by atoms with Crippen LogP contribution in [0.15, 0.2) is 76.9 Å². The van der Waals surface area contributed by atoms with Crippen LogP contribution in [0.1, 0.15) is 28.4 Å². The van der Waals surface area contributed by atoms with Crippen LogP contribution in [-0.2, 0) is 11.4 Å². The van der Waals surface area contributed by atoms with Crippen LogP contribution in [0.25, 0.3) is 6.08 Å². The first-order valence-electron chi connectivity index (χ1n) is 10.4. The normalized spacial score (nSPS) is 11.0. The molecule has 0 bridgehead atoms. The largest absolute Gasteiger partial charge is 0.490 e. The standard InChI is InChI=1S/C25H21BrN2O7/c1-2-34-22-14-17(13-21(25(30)31)27-24(29)18-8-4-3-5-9-18)12-20(26)23(22)35-15-16-7-6-10-19(11-16)28(32)33/h3-14H,2,15H2,1H3,(H,27,29)(H,30,31). The molecule has 0 spiro atoms. The van der Waals surface area contributed by atoms with E-state index in [9.17, 15) is 24.8 Å². The fourth-order valence-electron chi connectivity index (χ4n) is 3.09. The third-order valence-electron chi connectivity index (χ3n) is 4.66. The highest BCUT2D eigenvalue weighted by Crippen LogP contribution is 2.38. The first-order chi connectivity index (χ1) is 16.8. The summed E-state index contributed by atoms with van der Waals surface area (Å²) >= 11 is 3.42. The Balaban J connectivity index is 1.87. The quantitative estimate of drug-likeness (QED) is 0.205. The van der Waals surface area contributed by atoms with Gasteiger partial charge >= 0.3 is 5.97 Å². The van der Waals surface area contributed by atoms with Gasteiger partial charge in [0.05, 0.1) is 16.0 Å². The van der Waals surface area contributed by atoms with E-state index in [-0.39, 0.29) is 18.0 Å². The van der Waals surface area contributed by atoms with E-state index in [0.717, 1.165) is 0 Å². The molecule has 0 heterocycles. The third-order valence-corrected chi connectivity index (χ3v) is 5.25. The molecule has 1 amide bonds. The lowest BCUT2D eigenvalue weighted by Crippen LogP contribution is -2.27. The number of non-ortho nitro benzene ring substituents is 1. The second-order valence-electron chi connectivity index (χ2n) is 7.16. The molecule has 3 aromatic rings. The van der Waals surface area contributed by atoms with E-state index in [1.807, 2.05) is 0 Å². The number of halogens is 1. The molecular weight excluding hydrogens is 520 g/mol. The van der Waals surface area contributed by atoms with Crippen molar-refractivity contribution in [3.63, 3.8) is 0 Å². The van der Waals surface area contributed by atoms with E-state index >= 15 is 0 Å². The number of carbonyl (C=O) groups is 2. The second kappa shape index (κ2) is 11.8. The topological polar surface area (TPSA) is 128 Å². The first-order valence-corrected chi connectivity index (χ1v) is 11.2. The van der Waals surface area contributed by atoms with Gasteiger partial charge in [0.2, 0.25) is 0 Å². The van der Waals surface area contributed by atoms with Crippen molar-refractivity contribution in [1.29, 1.82) is 0 Å². The number of benzene rings is 3. The molecule has 0 radical (unpaired) electrons. The van der Waals surface area contributed by atoms with E-state index in [0.29, 0.717) is 39.3 Å². The van der Waals surface area contributed by atoms with Crippen LogP contribution in [0.2, 0.25) is 0 Å². The molecule has 9 nitrogen and oxygen atoms in total. The van der Waals surface area contributed by atoms with E-state index in [2.05, 4.69) is 21.2 Å². The highest BCUT2D eigenvalue weighted by Gasteiger charge is 2.17. The average molecular weight is 541 g/mol. The van der Waals surface area contributed by atoms with E-state index in [1.165, 1.54) is 18.2 Å². The van der Waals surface area contributed by atoms with Crippen LogP contribution in [0.3, 0.4) is 0 Å². The molecule has 0 atom stereocenters. The fourth-order valence-corrected chi connectivity index (χ4v) is 3.67. The number of ether oxygens (including phenoxy) is 2. The highest BCUT2D eigenvalue weighted by molar-refractivity contribution is 9.10. The van der Waals surface area contributed by atoms with Crippen molar-refractivity contribution < 1.29 is 29.1 Å². The molecule has 3 aromatic carbocycles. The van der Waals surface area contributed by atoms with Gasteiger partial charge in [-0.05, 0) is 64.3 Å². The van der Waals surface area contributed by atoms with Gasteiger partial charge < -0.3 is 19.9 Å². The van der Waals surface area contributed by atoms with Crippen LogP contribution < -0.4 is 14.8 Å². The molecular formula is C25H21BrN2O7. The smallest absolute Gasteiger partial charge is 0.352 e. The Morgan fingerprint density at radius 3 is 2.49 bits per heavy atom. The minimum atomic E-state index is -1.31. The molecule has 0 aromatic heterocycles. The van der Waals surface area contributed by atoms with Gasteiger partial charge in [0, 0.05) is 17.7 Å². The van der Waals surface area contributed by atoms with Crippen molar-refractivity contribution in [2.75, 3.05) is 6.61 Å². The highest BCUT2D eigenvalue weighted by atomic mass is 79.9. The number of nitro groups is 1. The number of carboxylic acid groups (broad SMARTS) is 1. The molecule has 180 valence electrons. The Labute approximate surface area is 209 Å². The Hall–Kier alpha value is -4.18. The zero-order valence-corrected chi connectivity index (χ0v) is 20.2. The molecule has 0 fully saturated rings. The SMILES string of the molecule is CCOc1cc(C=C(NC(=O)c2ccccc2)C(=O)O)cc(Br)c1OCc1cccc([N+](=O)[O-])c1. The number of nitrogens with zero attached hydrogens (tertiary/aromatic N) is 1. The van der Waals surface area contributed by atoms with Gasteiger partial charge in [0.25, 0.3) is 11.6 Å². The molecule has 0 saturated heterocycles. The number of aliphatic carboxylic acids is 1. The summed E-state index contributed by atoms with van der Waals surface area (Å²) in [5, 5.41) is 23.0. The van der Waals surface area contributed by atoms with E-state index < -0.39 is 16.8 Å². The summed E-state index contributed by atoms with van der Waals surface area (Å²) in [6, 6.07) is 17.5. The summed E-state index contributed by atoms with van der Waals surface area (Å²) in [7, 11) is 0. The minimum Gasteiger partial charge on any atom is -0.490 e. The van der Waals surface area contributed by atoms with Gasteiger partial charge in [0.15, 0.2) is 11.5 Å². The number of carboxylic acids is 1. The van der Waals surface area contributed by atoms with Crippen molar-refractivity contribution in [3.05, 3.63) is 104 Å². The lowest BCUT2D eigenvalue weighted by atomic mass is 10.1. The fraction of sp³-hybridized carbons (Fsp3) is 0.120. The van der Waals surface area contributed by atoms with Crippen LogP contribution in [0.4, 0.5) is 5.69 Å². The molecule has 0 aliphatic rings. The summed E-state index contributed by atoms with van der Waals surface area (Å²) in [5.41, 5.74) is 0.983. The number of carbonyl (C=O) groups excluding carboxylic acids is 1. The van der Waals surface area contributed by atoms with Crippen molar-refractivity contribution in [2.24, 2.45) is 0 Å². The van der Waals surface area contributed by atoms with Gasteiger partial charge in [-0.2, -0.15) is 0 Å². The van der Waals surface area contributed by atoms with Gasteiger partial charge in [0.1, 0.15) is 12.3 Å². The Morgan fingerprint density at radius 1 is 1.09 bits per heavy atom. The molecule has 0 unspecified atom stereocenters. The molecule has 0 aliphatic carbocycles. The zero-order chi connectivity index (χ0) is 25.4. The molecule has 3 rings (SSSR count). The molecule has 2 N–H and O–H groups in total. The number of hydrogen-bond donors (Lipinski definition) is 2. The number of hydrogen-bond acceptors (Lipinski definition) is 6. The van der Waals surface area contributed by atoms with Crippen LogP contribution >= 0.6 is 15.9 Å². The maximum Gasteiger partial charge on any atom is 0.352 e. The lowest BCUT2D eigenvalue weighted by molar-refractivity contribution is -0.384. The molecule has 0 aliphatic heterocycles. The predicted octanol–water partition coefficient (Wildman–Crippen LogP) is 5.19. The van der Waals surface area contributed by atoms with Crippen LogP contribution in [-0.4, -0.2) is 28.5 Å². The van der Waals surface area contributed by atoms with Crippen LogP contribution in [0, 0.1) is 10.1 Å². The van der Waals surface area contributed by atoms with Crippen molar-refractivity contribution in [3.8, 4) is 11.5 Å². The minimum absolute atomic E-state index is 0.0447. The van der Waals surface area contributed by atoms with Gasteiger partial charge in [-0.3, -0.25) is 14.9 Å². The molecule has 10 heteroatoms. The Morgan fingerprint density at radius 2 is 1.83 bits per heavy atom. The zero-order valence-electron chi connectivity index (χ0n) is 18.6. The van der Waals surface area contributed by atoms with Gasteiger partial charge in [-0.25, -0.2) is 4.79 Å². The third kappa shape index (κ3) is 6.90. The molecule has 0 saturated carbocycles. The maximum absolute atomic E-state index is 12.4. The summed E-state index contributed by atoms with van der Waals surface area (Å²) in [5.74, 6) is -1.19. The number of amides is 1. The van der Waals surface area contributed by atoms with Crippen molar-refractivity contribution in [2.45, 2.75) is 13.5 Å². The number of nitrogens with one attached hydrogen (secondary N) is 1. The van der Waals surface area contributed by atoms with Gasteiger partial charge in [-0.15, -0.1) is 0 Å². The van der Waals surface area contributed by atoms with E-state index in [4.69, 9.17) is 9.47 Å². The predicted molar refractivity (Wildman–Crippen MR) is 132 cm³/mol. The van der Waals surface area contributed by atoms with Crippen molar-refractivity contribution in [1.82, 2.24) is 5.32 Å². The lowest BCUT2D eigenvalue weighted by Gasteiger charge is -2.15. The Kier molecular flexibility index (Phi) is 8.58. The summed E-state index contributed by atoms with van der Waals surface area (Å²) in [6.45, 7) is 2.13. The molecule has 35 heavy (non-hydrogen) atoms. The summed E-state index contributed by atoms with van der Waals surface area (Å²) in [6.07, 6.45) is 1.31. The first kappa shape index (κ1) is 25.4.